The second-order valence-corrected chi connectivity index (χ2v) is 6.80. The smallest absolute Gasteiger partial charge is 0.317 e. The number of carbonyl (C=O) groups excluding carboxylic acids is 1. The molecule has 2 amide bonds. The number of hydrogen-bond donors (Lipinski definition) is 1. The molecule has 0 aliphatic carbocycles. The topological polar surface area (TPSA) is 57.7 Å². The number of nitrogens with one attached hydrogen (secondary N) is 1. The summed E-state index contributed by atoms with van der Waals surface area (Å²) in [4.78, 5) is 20.1. The predicted octanol–water partition coefficient (Wildman–Crippen LogP) is 2.26. The van der Waals surface area contributed by atoms with E-state index >= 15 is 0 Å². The van der Waals surface area contributed by atoms with Crippen LogP contribution in [0.5, 0.6) is 0 Å². The SMILES string of the molecule is COC(C)(C)C[C@@H](C)NC(=O)N1CCN(c2ncccc2F)CC1. The van der Waals surface area contributed by atoms with Gasteiger partial charge in [-0.15, -0.1) is 0 Å². The van der Waals surface area contributed by atoms with E-state index in [0.717, 1.165) is 6.42 Å². The van der Waals surface area contributed by atoms with Gasteiger partial charge in [-0.05, 0) is 39.3 Å². The van der Waals surface area contributed by atoms with E-state index in [4.69, 9.17) is 4.74 Å². The van der Waals surface area contributed by atoms with Crippen molar-refractivity contribution < 1.29 is 13.9 Å². The van der Waals surface area contributed by atoms with E-state index < -0.39 is 0 Å². The highest BCUT2D eigenvalue weighted by atomic mass is 19.1. The van der Waals surface area contributed by atoms with Gasteiger partial charge in [-0.3, -0.25) is 0 Å². The van der Waals surface area contributed by atoms with Gasteiger partial charge < -0.3 is 19.9 Å². The van der Waals surface area contributed by atoms with Crippen LogP contribution in [-0.2, 0) is 4.74 Å². The Kier molecular flexibility index (Phi) is 5.99. The third-order valence-electron chi connectivity index (χ3n) is 4.33. The van der Waals surface area contributed by atoms with Crippen molar-refractivity contribution in [1.82, 2.24) is 15.2 Å². The van der Waals surface area contributed by atoms with Crippen LogP contribution in [0.15, 0.2) is 18.3 Å². The second kappa shape index (κ2) is 7.79. The van der Waals surface area contributed by atoms with Gasteiger partial charge in [-0.25, -0.2) is 14.2 Å². The van der Waals surface area contributed by atoms with Gasteiger partial charge in [0.05, 0.1) is 5.60 Å². The first-order valence-electron chi connectivity index (χ1n) is 8.28. The molecule has 1 aromatic rings. The molecule has 0 aromatic carbocycles. The molecule has 2 heterocycles. The van der Waals surface area contributed by atoms with Gasteiger partial charge in [-0.2, -0.15) is 0 Å². The minimum atomic E-state index is -0.328. The summed E-state index contributed by atoms with van der Waals surface area (Å²) in [5, 5.41) is 3.00. The van der Waals surface area contributed by atoms with Crippen LogP contribution in [0.4, 0.5) is 15.0 Å². The van der Waals surface area contributed by atoms with E-state index in [9.17, 15) is 9.18 Å². The van der Waals surface area contributed by atoms with E-state index in [0.29, 0.717) is 32.0 Å². The number of amides is 2. The normalized spacial score (nSPS) is 16.9. The highest BCUT2D eigenvalue weighted by molar-refractivity contribution is 5.74. The zero-order chi connectivity index (χ0) is 17.7. The summed E-state index contributed by atoms with van der Waals surface area (Å²) in [6.45, 7) is 8.19. The molecule has 6 nitrogen and oxygen atoms in total. The van der Waals surface area contributed by atoms with Gasteiger partial charge in [0.15, 0.2) is 11.6 Å². The molecule has 1 saturated heterocycles. The second-order valence-electron chi connectivity index (χ2n) is 6.80. The average Bonchev–Trinajstić information content (AvgIpc) is 2.55. The van der Waals surface area contributed by atoms with Crippen molar-refractivity contribution in [3.05, 3.63) is 24.1 Å². The molecule has 2 rings (SSSR count). The summed E-state index contributed by atoms with van der Waals surface area (Å²) in [7, 11) is 1.67. The molecule has 1 aliphatic heterocycles. The van der Waals surface area contributed by atoms with Crippen molar-refractivity contribution >= 4 is 11.8 Å². The molecule has 0 radical (unpaired) electrons. The summed E-state index contributed by atoms with van der Waals surface area (Å²) < 4.78 is 19.2. The van der Waals surface area contributed by atoms with Crippen molar-refractivity contribution in [2.45, 2.75) is 38.8 Å². The molecule has 24 heavy (non-hydrogen) atoms. The Morgan fingerprint density at radius 1 is 1.42 bits per heavy atom. The van der Waals surface area contributed by atoms with Crippen LogP contribution in [-0.4, -0.2) is 60.8 Å². The molecule has 1 N–H and O–H groups in total. The standard InChI is InChI=1S/C17H27FN4O2/c1-13(12-17(2,3)24-4)20-16(23)22-10-8-21(9-11-22)15-14(18)6-5-7-19-15/h5-7,13H,8-12H2,1-4H3,(H,20,23)/t13-/m1/s1. The summed E-state index contributed by atoms with van der Waals surface area (Å²) in [6.07, 6.45) is 2.31. The molecule has 0 bridgehead atoms. The first-order chi connectivity index (χ1) is 11.3. The molecule has 134 valence electrons. The van der Waals surface area contributed by atoms with E-state index in [1.165, 1.54) is 6.07 Å². The lowest BCUT2D eigenvalue weighted by Gasteiger charge is -2.36. The zero-order valence-electron chi connectivity index (χ0n) is 14.9. The van der Waals surface area contributed by atoms with Gasteiger partial charge >= 0.3 is 6.03 Å². The maximum atomic E-state index is 13.8. The number of pyridine rings is 1. The number of carbonyl (C=O) groups is 1. The lowest BCUT2D eigenvalue weighted by atomic mass is 10.00. The largest absolute Gasteiger partial charge is 0.379 e. The van der Waals surface area contributed by atoms with Crippen molar-refractivity contribution in [2.75, 3.05) is 38.2 Å². The fraction of sp³-hybridized carbons (Fsp3) is 0.647. The van der Waals surface area contributed by atoms with Crippen LogP contribution in [0.25, 0.3) is 0 Å². The zero-order valence-corrected chi connectivity index (χ0v) is 14.9. The Labute approximate surface area is 143 Å². The Balaban J connectivity index is 1.83. The highest BCUT2D eigenvalue weighted by Crippen LogP contribution is 2.18. The number of anilines is 1. The fourth-order valence-corrected chi connectivity index (χ4v) is 2.91. The first-order valence-corrected chi connectivity index (χ1v) is 8.28. The average molecular weight is 338 g/mol. The molecule has 0 unspecified atom stereocenters. The number of halogens is 1. The molecule has 7 heteroatoms. The Morgan fingerprint density at radius 3 is 2.67 bits per heavy atom. The molecule has 1 atom stereocenters. The van der Waals surface area contributed by atoms with Gasteiger partial charge in [0.2, 0.25) is 0 Å². The van der Waals surface area contributed by atoms with Gasteiger partial charge in [-0.1, -0.05) is 0 Å². The highest BCUT2D eigenvalue weighted by Gasteiger charge is 2.26. The monoisotopic (exact) mass is 338 g/mol. The number of urea groups is 1. The number of methoxy groups -OCH3 is 1. The Bertz CT molecular complexity index is 559. The maximum Gasteiger partial charge on any atom is 0.317 e. The third kappa shape index (κ3) is 4.80. The van der Waals surface area contributed by atoms with Crippen molar-refractivity contribution in [2.24, 2.45) is 0 Å². The van der Waals surface area contributed by atoms with Crippen LogP contribution in [0.2, 0.25) is 0 Å². The van der Waals surface area contributed by atoms with E-state index in [-0.39, 0.29) is 23.5 Å². The van der Waals surface area contributed by atoms with E-state index in [1.807, 2.05) is 25.7 Å². The quantitative estimate of drug-likeness (QED) is 0.895. The molecule has 0 saturated carbocycles. The minimum absolute atomic E-state index is 0.0127. The number of ether oxygens (including phenoxy) is 1. The number of piperazine rings is 1. The fourth-order valence-electron chi connectivity index (χ4n) is 2.91. The van der Waals surface area contributed by atoms with Crippen LogP contribution in [0, 0.1) is 5.82 Å². The molecular weight excluding hydrogens is 311 g/mol. The summed E-state index contributed by atoms with van der Waals surface area (Å²) >= 11 is 0. The molecule has 0 spiro atoms. The molecule has 1 aliphatic rings. The lowest BCUT2D eigenvalue weighted by molar-refractivity contribution is 0.00913. The molecule has 1 fully saturated rings. The van der Waals surface area contributed by atoms with Gasteiger partial charge in [0.25, 0.3) is 0 Å². The van der Waals surface area contributed by atoms with Crippen molar-refractivity contribution in [3.63, 3.8) is 0 Å². The molecular formula is C17H27FN4O2. The van der Waals surface area contributed by atoms with Crippen LogP contribution >= 0.6 is 0 Å². The van der Waals surface area contributed by atoms with Crippen molar-refractivity contribution in [3.8, 4) is 0 Å². The minimum Gasteiger partial charge on any atom is -0.379 e. The summed E-state index contributed by atoms with van der Waals surface area (Å²) in [5.41, 5.74) is -0.276. The summed E-state index contributed by atoms with van der Waals surface area (Å²) in [5.74, 6) is 0.0265. The van der Waals surface area contributed by atoms with Crippen molar-refractivity contribution in [1.29, 1.82) is 0 Å². The molecule has 1 aromatic heterocycles. The third-order valence-corrected chi connectivity index (χ3v) is 4.33. The maximum absolute atomic E-state index is 13.8. The first kappa shape index (κ1) is 18.4. The number of rotatable bonds is 5. The van der Waals surface area contributed by atoms with Gasteiger partial charge in [0.1, 0.15) is 0 Å². The Morgan fingerprint density at radius 2 is 2.08 bits per heavy atom. The van der Waals surface area contributed by atoms with Crippen LogP contribution < -0.4 is 10.2 Å². The number of hydrogen-bond acceptors (Lipinski definition) is 4. The Hall–Kier alpha value is -1.89. The van der Waals surface area contributed by atoms with Gasteiger partial charge in [0, 0.05) is 45.5 Å². The number of nitrogens with zero attached hydrogens (tertiary/aromatic N) is 3. The lowest BCUT2D eigenvalue weighted by Crippen LogP contribution is -2.54. The van der Waals surface area contributed by atoms with Crippen LogP contribution in [0.3, 0.4) is 0 Å². The number of aromatic nitrogens is 1. The van der Waals surface area contributed by atoms with Crippen LogP contribution in [0.1, 0.15) is 27.2 Å². The predicted molar refractivity (Wildman–Crippen MR) is 91.7 cm³/mol. The summed E-state index contributed by atoms with van der Waals surface area (Å²) in [6, 6.07) is 2.90. The van der Waals surface area contributed by atoms with E-state index in [2.05, 4.69) is 10.3 Å². The van der Waals surface area contributed by atoms with E-state index in [1.54, 1.807) is 24.3 Å².